The monoisotopic (exact) mass is 332 g/mol. The molecule has 0 bridgehead atoms. The van der Waals surface area contributed by atoms with Crippen LogP contribution in [0, 0.1) is 0 Å². The fourth-order valence-corrected chi connectivity index (χ4v) is 3.16. The molecule has 1 aromatic carbocycles. The number of benzene rings is 1. The lowest BCUT2D eigenvalue weighted by molar-refractivity contribution is -0.145. The summed E-state index contributed by atoms with van der Waals surface area (Å²) >= 11 is 0. The van der Waals surface area contributed by atoms with E-state index in [0.717, 1.165) is 28.6 Å². The van der Waals surface area contributed by atoms with E-state index in [4.69, 9.17) is 0 Å². The van der Waals surface area contributed by atoms with Gasteiger partial charge in [-0.25, -0.2) is 9.97 Å². The zero-order valence-corrected chi connectivity index (χ0v) is 12.8. The Morgan fingerprint density at radius 3 is 2.92 bits per heavy atom. The van der Waals surface area contributed by atoms with Crippen molar-refractivity contribution in [2.45, 2.75) is 25.7 Å². The molecule has 1 aliphatic rings. The number of nitrogens with one attached hydrogen (secondary N) is 1. The first kappa shape index (κ1) is 15.1. The average molecular weight is 332 g/mol. The van der Waals surface area contributed by atoms with Crippen molar-refractivity contribution in [2.24, 2.45) is 0 Å². The number of fused-ring (bicyclic) bond motifs is 2. The molecule has 1 aliphatic heterocycles. The van der Waals surface area contributed by atoms with E-state index >= 15 is 0 Å². The van der Waals surface area contributed by atoms with E-state index in [1.807, 2.05) is 30.5 Å². The maximum Gasteiger partial charge on any atom is 0.451 e. The number of rotatable bonds is 2. The summed E-state index contributed by atoms with van der Waals surface area (Å²) < 4.78 is 38.4. The molecule has 124 valence electrons. The van der Waals surface area contributed by atoms with Gasteiger partial charge in [0.05, 0.1) is 5.69 Å². The molecule has 0 fully saturated rings. The minimum absolute atomic E-state index is 0.405. The third kappa shape index (κ3) is 2.75. The molecule has 24 heavy (non-hydrogen) atoms. The first-order chi connectivity index (χ1) is 11.5. The molecule has 1 N–H and O–H groups in total. The van der Waals surface area contributed by atoms with Crippen LogP contribution in [0.2, 0.25) is 0 Å². The lowest BCUT2D eigenvalue weighted by atomic mass is 10.0. The predicted molar refractivity (Wildman–Crippen MR) is 83.2 cm³/mol. The molecule has 0 aliphatic carbocycles. The second-order valence-electron chi connectivity index (χ2n) is 5.98. The third-order valence-electron chi connectivity index (χ3n) is 4.36. The number of aromatic amines is 1. The Bertz CT molecular complexity index is 885. The van der Waals surface area contributed by atoms with Gasteiger partial charge >= 0.3 is 6.18 Å². The van der Waals surface area contributed by atoms with E-state index in [2.05, 4.69) is 19.9 Å². The van der Waals surface area contributed by atoms with Crippen molar-refractivity contribution in [2.75, 3.05) is 6.54 Å². The highest BCUT2D eigenvalue weighted by Crippen LogP contribution is 2.28. The number of aromatic nitrogens is 3. The van der Waals surface area contributed by atoms with Crippen LogP contribution in [0.15, 0.2) is 36.7 Å². The van der Waals surface area contributed by atoms with E-state index in [1.165, 1.54) is 6.20 Å². The van der Waals surface area contributed by atoms with Crippen LogP contribution in [0.3, 0.4) is 0 Å². The van der Waals surface area contributed by atoms with Crippen LogP contribution < -0.4 is 0 Å². The second-order valence-corrected chi connectivity index (χ2v) is 5.98. The van der Waals surface area contributed by atoms with Gasteiger partial charge in [-0.3, -0.25) is 4.90 Å². The summed E-state index contributed by atoms with van der Waals surface area (Å²) in [5.74, 6) is -1.06. The highest BCUT2D eigenvalue weighted by Gasteiger charge is 2.35. The van der Waals surface area contributed by atoms with Gasteiger partial charge in [-0.1, -0.05) is 12.1 Å². The number of hydrogen-bond donors (Lipinski definition) is 1. The van der Waals surface area contributed by atoms with Gasteiger partial charge in [0.2, 0.25) is 5.82 Å². The van der Waals surface area contributed by atoms with E-state index in [0.29, 0.717) is 25.2 Å². The number of H-pyrrole nitrogens is 1. The van der Waals surface area contributed by atoms with Crippen molar-refractivity contribution < 1.29 is 13.2 Å². The highest BCUT2D eigenvalue weighted by molar-refractivity contribution is 5.82. The Balaban J connectivity index is 1.59. The number of nitrogens with zero attached hydrogens (tertiary/aromatic N) is 3. The minimum atomic E-state index is -4.51. The van der Waals surface area contributed by atoms with Crippen molar-refractivity contribution in [1.29, 1.82) is 0 Å². The van der Waals surface area contributed by atoms with Crippen LogP contribution in [-0.4, -0.2) is 26.4 Å². The van der Waals surface area contributed by atoms with Gasteiger partial charge in [0.25, 0.3) is 0 Å². The van der Waals surface area contributed by atoms with E-state index in [1.54, 1.807) is 0 Å². The fraction of sp³-hybridized carbons (Fsp3) is 0.294. The molecule has 0 unspecified atom stereocenters. The van der Waals surface area contributed by atoms with Crippen LogP contribution in [0.1, 0.15) is 22.6 Å². The van der Waals surface area contributed by atoms with Gasteiger partial charge in [0.1, 0.15) is 0 Å². The first-order valence-corrected chi connectivity index (χ1v) is 7.70. The maximum absolute atomic E-state index is 12.8. The molecule has 0 atom stereocenters. The molecular formula is C17H15F3N4. The largest absolute Gasteiger partial charge is 0.451 e. The van der Waals surface area contributed by atoms with Crippen LogP contribution in [0.5, 0.6) is 0 Å². The summed E-state index contributed by atoms with van der Waals surface area (Å²) in [6.07, 6.45) is -0.636. The molecule has 0 spiro atoms. The topological polar surface area (TPSA) is 44.8 Å². The van der Waals surface area contributed by atoms with Gasteiger partial charge < -0.3 is 4.98 Å². The summed E-state index contributed by atoms with van der Waals surface area (Å²) in [6, 6.07) is 8.06. The first-order valence-electron chi connectivity index (χ1n) is 7.70. The summed E-state index contributed by atoms with van der Waals surface area (Å²) in [5, 5.41) is 1.14. The van der Waals surface area contributed by atoms with Gasteiger partial charge in [-0.2, -0.15) is 13.2 Å². The summed E-state index contributed by atoms with van der Waals surface area (Å²) in [7, 11) is 0. The Morgan fingerprint density at radius 1 is 1.21 bits per heavy atom. The van der Waals surface area contributed by atoms with E-state index in [9.17, 15) is 13.2 Å². The molecular weight excluding hydrogens is 317 g/mol. The Labute approximate surface area is 136 Å². The standard InChI is InChI=1S/C17H15F3N4/c18-17(19,20)16-22-8-11-5-7-24(10-15(11)23-16)9-12-2-1-3-14-13(12)4-6-21-14/h1-4,6,8,21H,5,7,9-10H2. The van der Waals surface area contributed by atoms with Crippen molar-refractivity contribution in [3.63, 3.8) is 0 Å². The van der Waals surface area contributed by atoms with Crippen LogP contribution in [0.25, 0.3) is 10.9 Å². The molecule has 0 radical (unpaired) electrons. The van der Waals surface area contributed by atoms with Gasteiger partial charge in [-0.05, 0) is 29.7 Å². The molecule has 2 aromatic heterocycles. The molecule has 4 nitrogen and oxygen atoms in total. The lowest BCUT2D eigenvalue weighted by Gasteiger charge is -2.28. The van der Waals surface area contributed by atoms with Crippen molar-refractivity contribution >= 4 is 10.9 Å². The number of halogens is 3. The lowest BCUT2D eigenvalue weighted by Crippen LogP contribution is -2.31. The number of hydrogen-bond acceptors (Lipinski definition) is 3. The Hall–Kier alpha value is -2.41. The van der Waals surface area contributed by atoms with Crippen LogP contribution >= 0.6 is 0 Å². The second kappa shape index (κ2) is 5.59. The molecule has 0 amide bonds. The zero-order valence-electron chi connectivity index (χ0n) is 12.8. The highest BCUT2D eigenvalue weighted by atomic mass is 19.4. The van der Waals surface area contributed by atoms with Crippen LogP contribution in [0.4, 0.5) is 13.2 Å². The smallest absolute Gasteiger partial charge is 0.361 e. The summed E-state index contributed by atoms with van der Waals surface area (Å²) in [4.78, 5) is 12.5. The van der Waals surface area contributed by atoms with Crippen molar-refractivity contribution in [1.82, 2.24) is 19.9 Å². The fourth-order valence-electron chi connectivity index (χ4n) is 3.16. The summed E-state index contributed by atoms with van der Waals surface area (Å²) in [5.41, 5.74) is 3.50. The average Bonchev–Trinajstić information content (AvgIpc) is 3.03. The normalized spacial score (nSPS) is 15.6. The quantitative estimate of drug-likeness (QED) is 0.781. The number of alkyl halides is 3. The maximum atomic E-state index is 12.8. The molecule has 3 heterocycles. The van der Waals surface area contributed by atoms with Crippen molar-refractivity contribution in [3.8, 4) is 0 Å². The van der Waals surface area contributed by atoms with Gasteiger partial charge in [0, 0.05) is 42.9 Å². The Kier molecular flexibility index (Phi) is 3.53. The summed E-state index contributed by atoms with van der Waals surface area (Å²) in [6.45, 7) is 1.87. The molecule has 7 heteroatoms. The van der Waals surface area contributed by atoms with Gasteiger partial charge in [-0.15, -0.1) is 0 Å². The van der Waals surface area contributed by atoms with E-state index < -0.39 is 12.0 Å². The van der Waals surface area contributed by atoms with Crippen LogP contribution in [-0.2, 0) is 25.7 Å². The molecule has 4 rings (SSSR count). The zero-order chi connectivity index (χ0) is 16.7. The Morgan fingerprint density at radius 2 is 2.08 bits per heavy atom. The third-order valence-corrected chi connectivity index (χ3v) is 4.36. The molecule has 3 aromatic rings. The molecule has 0 saturated carbocycles. The minimum Gasteiger partial charge on any atom is -0.361 e. The van der Waals surface area contributed by atoms with Crippen molar-refractivity contribution in [3.05, 3.63) is 59.3 Å². The van der Waals surface area contributed by atoms with Gasteiger partial charge in [0.15, 0.2) is 0 Å². The van der Waals surface area contributed by atoms with E-state index in [-0.39, 0.29) is 0 Å². The SMILES string of the molecule is FC(F)(F)c1ncc2c(n1)CN(Cc1cccc3[nH]ccc13)CC2. The molecule has 0 saturated heterocycles. The predicted octanol–water partition coefficient (Wildman–Crippen LogP) is 3.54.